The maximum atomic E-state index is 13.0. The molecular formula is C24H22ClN3O. The van der Waals surface area contributed by atoms with E-state index >= 15 is 0 Å². The van der Waals surface area contributed by atoms with E-state index in [9.17, 15) is 4.79 Å². The Kier molecular flexibility index (Phi) is 4.32. The van der Waals surface area contributed by atoms with Crippen molar-refractivity contribution in [3.05, 3.63) is 81.6 Å². The van der Waals surface area contributed by atoms with Crippen LogP contribution in [0.15, 0.2) is 59.8 Å². The number of Topliss-reactive ketones (excluding diaryl/α,β-unsaturated/α-hetero) is 1. The zero-order valence-electron chi connectivity index (χ0n) is 16.5. The summed E-state index contributed by atoms with van der Waals surface area (Å²) >= 11 is 6.10. The summed E-state index contributed by atoms with van der Waals surface area (Å²) in [4.78, 5) is 13.0. The predicted molar refractivity (Wildman–Crippen MR) is 116 cm³/mol. The van der Waals surface area contributed by atoms with E-state index in [0.717, 1.165) is 57.9 Å². The maximum absolute atomic E-state index is 13.0. The minimum absolute atomic E-state index is 0.199. The molecule has 0 amide bonds. The smallest absolute Gasteiger partial charge is 0.163 e. The molecule has 3 aromatic rings. The van der Waals surface area contributed by atoms with Gasteiger partial charge in [0.2, 0.25) is 0 Å². The summed E-state index contributed by atoms with van der Waals surface area (Å²) in [6, 6.07) is 15.9. The van der Waals surface area contributed by atoms with Gasteiger partial charge in [0, 0.05) is 28.3 Å². The fourth-order valence-electron chi connectivity index (χ4n) is 4.57. The first-order chi connectivity index (χ1) is 14.0. The number of halogens is 1. The Morgan fingerprint density at radius 3 is 2.59 bits per heavy atom. The zero-order chi connectivity index (χ0) is 20.1. The maximum Gasteiger partial charge on any atom is 0.163 e. The van der Waals surface area contributed by atoms with Crippen molar-refractivity contribution in [2.45, 2.75) is 39.2 Å². The summed E-state index contributed by atoms with van der Waals surface area (Å²) in [5, 5.41) is 9.20. The van der Waals surface area contributed by atoms with E-state index in [-0.39, 0.29) is 11.8 Å². The Balaban J connectivity index is 1.76. The number of carbonyl (C=O) groups is 1. The standard InChI is InChI=1S/C24H22ClN3O/c1-14-6-3-4-7-18(14)23-22-19(8-5-9-20(22)29)26-24-21(15(2)27-28(23)24)16-10-12-17(25)13-11-16/h3-4,6-7,10-13,23,26H,5,8-9H2,1-2H3. The van der Waals surface area contributed by atoms with Crippen LogP contribution in [0, 0.1) is 13.8 Å². The highest BCUT2D eigenvalue weighted by Gasteiger charge is 2.38. The second-order valence-electron chi connectivity index (χ2n) is 7.81. The Morgan fingerprint density at radius 1 is 1.07 bits per heavy atom. The van der Waals surface area contributed by atoms with Crippen LogP contribution < -0.4 is 5.32 Å². The van der Waals surface area contributed by atoms with Crippen LogP contribution in [0.3, 0.4) is 0 Å². The average molecular weight is 404 g/mol. The van der Waals surface area contributed by atoms with E-state index in [0.29, 0.717) is 11.4 Å². The molecule has 0 radical (unpaired) electrons. The number of aryl methyl sites for hydroxylation is 2. The van der Waals surface area contributed by atoms with Crippen molar-refractivity contribution < 1.29 is 4.79 Å². The van der Waals surface area contributed by atoms with E-state index in [4.69, 9.17) is 16.7 Å². The number of hydrogen-bond donors (Lipinski definition) is 1. The third kappa shape index (κ3) is 2.90. The monoisotopic (exact) mass is 403 g/mol. The van der Waals surface area contributed by atoms with E-state index in [1.807, 2.05) is 48.0 Å². The molecule has 0 fully saturated rings. The fraction of sp³-hybridized carbons (Fsp3) is 0.250. The topological polar surface area (TPSA) is 46.9 Å². The molecule has 146 valence electrons. The van der Waals surface area contributed by atoms with Gasteiger partial charge in [0.1, 0.15) is 11.9 Å². The number of carbonyl (C=O) groups excluding carboxylic acids is 1. The highest BCUT2D eigenvalue weighted by atomic mass is 35.5. The van der Waals surface area contributed by atoms with E-state index in [1.165, 1.54) is 0 Å². The van der Waals surface area contributed by atoms with Gasteiger partial charge in [0.15, 0.2) is 5.78 Å². The molecule has 1 unspecified atom stereocenters. The molecular weight excluding hydrogens is 382 g/mol. The number of allylic oxidation sites excluding steroid dienone is 2. The lowest BCUT2D eigenvalue weighted by atomic mass is 9.84. The van der Waals surface area contributed by atoms with Crippen molar-refractivity contribution in [3.8, 4) is 11.1 Å². The number of hydrogen-bond acceptors (Lipinski definition) is 3. The van der Waals surface area contributed by atoms with Crippen LogP contribution in [-0.2, 0) is 4.79 Å². The molecule has 5 heteroatoms. The number of rotatable bonds is 2. The van der Waals surface area contributed by atoms with E-state index in [2.05, 4.69) is 24.4 Å². The number of nitrogens with zero attached hydrogens (tertiary/aromatic N) is 2. The van der Waals surface area contributed by atoms with Crippen molar-refractivity contribution in [3.63, 3.8) is 0 Å². The molecule has 0 saturated carbocycles. The minimum atomic E-state index is -0.199. The molecule has 0 bridgehead atoms. The average Bonchev–Trinajstić information content (AvgIpc) is 3.03. The number of ketones is 1. The van der Waals surface area contributed by atoms with Crippen molar-refractivity contribution in [2.75, 3.05) is 5.32 Å². The lowest BCUT2D eigenvalue weighted by Crippen LogP contribution is -2.31. The fourth-order valence-corrected chi connectivity index (χ4v) is 4.70. The molecule has 1 atom stereocenters. The number of aromatic nitrogens is 2. The van der Waals surface area contributed by atoms with Gasteiger partial charge in [-0.1, -0.05) is 48.0 Å². The molecule has 0 spiro atoms. The Morgan fingerprint density at radius 2 is 1.83 bits per heavy atom. The zero-order valence-corrected chi connectivity index (χ0v) is 17.3. The molecule has 2 heterocycles. The number of fused-ring (bicyclic) bond motifs is 1. The van der Waals surface area contributed by atoms with Crippen molar-refractivity contribution in [2.24, 2.45) is 0 Å². The van der Waals surface area contributed by atoms with Gasteiger partial charge in [-0.2, -0.15) is 5.10 Å². The van der Waals surface area contributed by atoms with Crippen LogP contribution in [0.5, 0.6) is 0 Å². The van der Waals surface area contributed by atoms with Gasteiger partial charge in [0.05, 0.1) is 5.69 Å². The molecule has 1 aliphatic heterocycles. The third-order valence-corrected chi connectivity index (χ3v) is 6.20. The van der Waals surface area contributed by atoms with Gasteiger partial charge in [-0.15, -0.1) is 0 Å². The van der Waals surface area contributed by atoms with Gasteiger partial charge in [-0.25, -0.2) is 4.68 Å². The Labute approximate surface area is 175 Å². The predicted octanol–water partition coefficient (Wildman–Crippen LogP) is 5.84. The molecule has 5 rings (SSSR count). The summed E-state index contributed by atoms with van der Waals surface area (Å²) in [5.74, 6) is 1.17. The summed E-state index contributed by atoms with van der Waals surface area (Å²) in [6.07, 6.45) is 2.37. The molecule has 2 aromatic carbocycles. The largest absolute Gasteiger partial charge is 0.343 e. The second kappa shape index (κ2) is 6.89. The van der Waals surface area contributed by atoms with Crippen LogP contribution >= 0.6 is 11.6 Å². The van der Waals surface area contributed by atoms with Gasteiger partial charge >= 0.3 is 0 Å². The van der Waals surface area contributed by atoms with Gasteiger partial charge in [0.25, 0.3) is 0 Å². The van der Waals surface area contributed by atoms with Crippen LogP contribution in [0.2, 0.25) is 5.02 Å². The first-order valence-electron chi connectivity index (χ1n) is 9.98. The molecule has 1 N–H and O–H groups in total. The van der Waals surface area contributed by atoms with E-state index < -0.39 is 0 Å². The van der Waals surface area contributed by atoms with Crippen LogP contribution in [0.4, 0.5) is 5.82 Å². The normalized spacial score (nSPS) is 18.3. The van der Waals surface area contributed by atoms with Crippen LogP contribution in [0.25, 0.3) is 11.1 Å². The lowest BCUT2D eigenvalue weighted by molar-refractivity contribution is -0.116. The second-order valence-corrected chi connectivity index (χ2v) is 8.25. The SMILES string of the molecule is Cc1ccccc1C1C2=C(CCCC2=O)Nc2c(-c3ccc(Cl)cc3)c(C)nn21. The van der Waals surface area contributed by atoms with Gasteiger partial charge in [-0.3, -0.25) is 4.79 Å². The van der Waals surface area contributed by atoms with Crippen molar-refractivity contribution in [1.82, 2.24) is 9.78 Å². The molecule has 0 saturated heterocycles. The Bertz CT molecular complexity index is 1160. The molecule has 4 nitrogen and oxygen atoms in total. The van der Waals surface area contributed by atoms with E-state index in [1.54, 1.807) is 0 Å². The lowest BCUT2D eigenvalue weighted by Gasteiger charge is -2.34. The van der Waals surface area contributed by atoms with Crippen LogP contribution in [-0.4, -0.2) is 15.6 Å². The molecule has 29 heavy (non-hydrogen) atoms. The van der Waals surface area contributed by atoms with Crippen molar-refractivity contribution in [1.29, 1.82) is 0 Å². The molecule has 1 aliphatic carbocycles. The highest BCUT2D eigenvalue weighted by molar-refractivity contribution is 6.30. The number of nitrogens with one attached hydrogen (secondary N) is 1. The van der Waals surface area contributed by atoms with Crippen LogP contribution in [0.1, 0.15) is 42.1 Å². The first kappa shape index (κ1) is 18.2. The summed E-state index contributed by atoms with van der Waals surface area (Å²) in [7, 11) is 0. The Hall–Kier alpha value is -2.85. The summed E-state index contributed by atoms with van der Waals surface area (Å²) in [5.41, 5.74) is 7.25. The quantitative estimate of drug-likeness (QED) is 0.584. The number of benzene rings is 2. The van der Waals surface area contributed by atoms with Crippen molar-refractivity contribution >= 4 is 23.2 Å². The van der Waals surface area contributed by atoms with Gasteiger partial charge < -0.3 is 5.32 Å². The molecule has 1 aromatic heterocycles. The molecule has 2 aliphatic rings. The first-order valence-corrected chi connectivity index (χ1v) is 10.4. The summed E-state index contributed by atoms with van der Waals surface area (Å²) in [6.45, 7) is 4.12. The van der Waals surface area contributed by atoms with Gasteiger partial charge in [-0.05, 0) is 55.5 Å². The highest BCUT2D eigenvalue weighted by Crippen LogP contribution is 2.45. The number of anilines is 1. The minimum Gasteiger partial charge on any atom is -0.343 e. The third-order valence-electron chi connectivity index (χ3n) is 5.94. The summed E-state index contributed by atoms with van der Waals surface area (Å²) < 4.78 is 2.00.